The summed E-state index contributed by atoms with van der Waals surface area (Å²) < 4.78 is 5.07. The molecule has 7 heteroatoms. The lowest BCUT2D eigenvalue weighted by atomic mass is 9.99. The Morgan fingerprint density at radius 2 is 2.30 bits per heavy atom. The van der Waals surface area contributed by atoms with E-state index in [-0.39, 0.29) is 19.6 Å². The van der Waals surface area contributed by atoms with Gasteiger partial charge in [-0.05, 0) is 19.1 Å². The third-order valence-electron chi connectivity index (χ3n) is 3.16. The van der Waals surface area contributed by atoms with E-state index in [1.54, 1.807) is 6.07 Å². The molecule has 1 aliphatic heterocycles. The van der Waals surface area contributed by atoms with Gasteiger partial charge in [0.25, 0.3) is 0 Å². The summed E-state index contributed by atoms with van der Waals surface area (Å²) in [5, 5.41) is 14.3. The smallest absolute Gasteiger partial charge is 0.332 e. The van der Waals surface area contributed by atoms with E-state index in [1.165, 1.54) is 0 Å². The molecule has 1 aliphatic rings. The normalized spacial score (nSPS) is 21.4. The van der Waals surface area contributed by atoms with E-state index >= 15 is 0 Å². The quantitative estimate of drug-likeness (QED) is 0.742. The summed E-state index contributed by atoms with van der Waals surface area (Å²) in [5.74, 6) is -1.08. The number of carbonyl (C=O) groups is 2. The van der Waals surface area contributed by atoms with Gasteiger partial charge in [0.2, 0.25) is 0 Å². The Balaban J connectivity index is 1.90. The number of aliphatic carboxylic acids is 1. The van der Waals surface area contributed by atoms with Gasteiger partial charge < -0.3 is 20.5 Å². The Bertz CT molecular complexity index is 512. The van der Waals surface area contributed by atoms with Gasteiger partial charge in [0.15, 0.2) is 5.54 Å². The summed E-state index contributed by atoms with van der Waals surface area (Å²) in [6, 6.07) is 4.96. The highest BCUT2D eigenvalue weighted by molar-refractivity contribution is 5.86. The van der Waals surface area contributed by atoms with Crippen molar-refractivity contribution < 1.29 is 19.4 Å². The predicted octanol–water partition coefficient (Wildman–Crippen LogP) is 0.433. The number of hydrogen-bond acceptors (Lipinski definition) is 4. The van der Waals surface area contributed by atoms with Crippen molar-refractivity contribution in [1.29, 1.82) is 0 Å². The van der Waals surface area contributed by atoms with Gasteiger partial charge in [-0.25, -0.2) is 9.59 Å². The van der Waals surface area contributed by atoms with Crippen molar-refractivity contribution in [3.63, 3.8) is 0 Å². The lowest BCUT2D eigenvalue weighted by molar-refractivity contribution is -0.144. The molecule has 1 unspecified atom stereocenters. The van der Waals surface area contributed by atoms with Gasteiger partial charge in [-0.15, -0.1) is 0 Å². The van der Waals surface area contributed by atoms with E-state index in [9.17, 15) is 14.7 Å². The summed E-state index contributed by atoms with van der Waals surface area (Å²) in [6.07, 6.45) is 0.262. The van der Waals surface area contributed by atoms with Gasteiger partial charge in [0, 0.05) is 18.7 Å². The third-order valence-corrected chi connectivity index (χ3v) is 3.16. The molecule has 2 amide bonds. The molecule has 2 rings (SSSR count). The van der Waals surface area contributed by atoms with Gasteiger partial charge in [0.1, 0.15) is 0 Å². The van der Waals surface area contributed by atoms with E-state index in [4.69, 9.17) is 4.74 Å². The van der Waals surface area contributed by atoms with Gasteiger partial charge in [-0.1, -0.05) is 6.07 Å². The molecule has 0 radical (unpaired) electrons. The lowest BCUT2D eigenvalue weighted by Gasteiger charge is -2.23. The zero-order valence-electron chi connectivity index (χ0n) is 11.2. The van der Waals surface area contributed by atoms with Crippen LogP contribution in [0.15, 0.2) is 18.2 Å². The molecular weight excluding hydrogens is 262 g/mol. The fourth-order valence-electron chi connectivity index (χ4n) is 2.02. The topological polar surface area (TPSA) is 101 Å². The van der Waals surface area contributed by atoms with E-state index in [1.807, 2.05) is 19.1 Å². The maximum Gasteiger partial charge on any atom is 0.332 e. The molecule has 0 aromatic carbocycles. The molecule has 20 heavy (non-hydrogen) atoms. The Labute approximate surface area is 116 Å². The Kier molecular flexibility index (Phi) is 4.19. The van der Waals surface area contributed by atoms with Crippen molar-refractivity contribution in [1.82, 2.24) is 15.6 Å². The van der Waals surface area contributed by atoms with Crippen LogP contribution in [0.5, 0.6) is 0 Å². The van der Waals surface area contributed by atoms with Gasteiger partial charge in [-0.2, -0.15) is 0 Å². The standard InChI is InChI=1S/C13H17N3O4/c1-9-3-2-4-10(15-9)7-14-12(19)16-13(11(17)18)5-6-20-8-13/h2-4H,5-8H2,1H3,(H,17,18)(H2,14,16,19). The average Bonchev–Trinajstić information content (AvgIpc) is 2.86. The van der Waals surface area contributed by atoms with Crippen molar-refractivity contribution in [2.24, 2.45) is 0 Å². The van der Waals surface area contributed by atoms with Crippen LogP contribution in [-0.2, 0) is 16.1 Å². The number of ether oxygens (including phenoxy) is 1. The van der Waals surface area contributed by atoms with Crippen LogP contribution in [-0.4, -0.2) is 40.8 Å². The first-order chi connectivity index (χ1) is 9.52. The fraction of sp³-hybridized carbons (Fsp3) is 0.462. The second-order valence-corrected chi connectivity index (χ2v) is 4.77. The first kappa shape index (κ1) is 14.3. The molecule has 3 N–H and O–H groups in total. The molecule has 0 bridgehead atoms. The van der Waals surface area contributed by atoms with Crippen molar-refractivity contribution in [3.8, 4) is 0 Å². The number of carboxylic acid groups (broad SMARTS) is 1. The van der Waals surface area contributed by atoms with E-state index in [0.717, 1.165) is 5.69 Å². The molecular formula is C13H17N3O4. The number of nitrogens with one attached hydrogen (secondary N) is 2. The maximum atomic E-state index is 11.8. The van der Waals surface area contributed by atoms with Crippen molar-refractivity contribution >= 4 is 12.0 Å². The molecule has 1 aromatic rings. The summed E-state index contributed by atoms with van der Waals surface area (Å²) >= 11 is 0. The van der Waals surface area contributed by atoms with Crippen LogP contribution in [0.2, 0.25) is 0 Å². The minimum Gasteiger partial charge on any atom is -0.479 e. The van der Waals surface area contributed by atoms with Crippen LogP contribution in [0.3, 0.4) is 0 Å². The molecule has 2 heterocycles. The van der Waals surface area contributed by atoms with E-state index in [0.29, 0.717) is 12.3 Å². The number of nitrogens with zero attached hydrogens (tertiary/aromatic N) is 1. The van der Waals surface area contributed by atoms with E-state index in [2.05, 4.69) is 15.6 Å². The second kappa shape index (κ2) is 5.87. The number of pyridine rings is 1. The molecule has 1 aromatic heterocycles. The highest BCUT2D eigenvalue weighted by Crippen LogP contribution is 2.18. The van der Waals surface area contributed by atoms with Gasteiger partial charge in [0.05, 0.1) is 18.8 Å². The minimum absolute atomic E-state index is 0.0154. The molecule has 1 atom stereocenters. The zero-order chi connectivity index (χ0) is 14.6. The third kappa shape index (κ3) is 3.24. The van der Waals surface area contributed by atoms with Crippen LogP contribution in [0.4, 0.5) is 4.79 Å². The molecule has 0 aliphatic carbocycles. The largest absolute Gasteiger partial charge is 0.479 e. The minimum atomic E-state index is -1.33. The van der Waals surface area contributed by atoms with Crippen LogP contribution >= 0.6 is 0 Å². The van der Waals surface area contributed by atoms with Gasteiger partial charge in [-0.3, -0.25) is 4.98 Å². The highest BCUT2D eigenvalue weighted by Gasteiger charge is 2.43. The maximum absolute atomic E-state index is 11.8. The lowest BCUT2D eigenvalue weighted by Crippen LogP contribution is -2.57. The summed E-state index contributed by atoms with van der Waals surface area (Å²) in [5.41, 5.74) is 0.243. The number of aryl methyl sites for hydroxylation is 1. The van der Waals surface area contributed by atoms with Crippen molar-refractivity contribution in [3.05, 3.63) is 29.6 Å². The van der Waals surface area contributed by atoms with E-state index < -0.39 is 17.5 Å². The fourth-order valence-corrected chi connectivity index (χ4v) is 2.02. The number of carbonyl (C=O) groups excluding carboxylic acids is 1. The summed E-state index contributed by atoms with van der Waals surface area (Å²) in [7, 11) is 0. The highest BCUT2D eigenvalue weighted by atomic mass is 16.5. The molecule has 7 nitrogen and oxygen atoms in total. The zero-order valence-corrected chi connectivity index (χ0v) is 11.2. The Morgan fingerprint density at radius 3 is 2.90 bits per heavy atom. The second-order valence-electron chi connectivity index (χ2n) is 4.77. The molecule has 1 saturated heterocycles. The number of carboxylic acids is 1. The molecule has 1 fully saturated rings. The molecule has 0 spiro atoms. The monoisotopic (exact) mass is 279 g/mol. The van der Waals surface area contributed by atoms with Crippen LogP contribution in [0.25, 0.3) is 0 Å². The van der Waals surface area contributed by atoms with Crippen LogP contribution in [0.1, 0.15) is 17.8 Å². The molecule has 0 saturated carbocycles. The van der Waals surface area contributed by atoms with Crippen LogP contribution in [0, 0.1) is 6.92 Å². The number of rotatable bonds is 4. The molecule has 108 valence electrons. The SMILES string of the molecule is Cc1cccc(CNC(=O)NC2(C(=O)O)CCOC2)n1. The van der Waals surface area contributed by atoms with Crippen molar-refractivity contribution in [2.45, 2.75) is 25.4 Å². The van der Waals surface area contributed by atoms with Gasteiger partial charge >= 0.3 is 12.0 Å². The summed E-state index contributed by atoms with van der Waals surface area (Å²) in [4.78, 5) is 27.3. The predicted molar refractivity (Wildman–Crippen MR) is 70.1 cm³/mol. The number of urea groups is 1. The Morgan fingerprint density at radius 1 is 1.50 bits per heavy atom. The number of hydrogen-bond donors (Lipinski definition) is 3. The Hall–Kier alpha value is -2.15. The first-order valence-corrected chi connectivity index (χ1v) is 6.31. The number of amides is 2. The average molecular weight is 279 g/mol. The number of aromatic nitrogens is 1. The van der Waals surface area contributed by atoms with Crippen LogP contribution < -0.4 is 10.6 Å². The van der Waals surface area contributed by atoms with Crippen molar-refractivity contribution in [2.75, 3.05) is 13.2 Å². The summed E-state index contributed by atoms with van der Waals surface area (Å²) in [6.45, 7) is 2.41. The first-order valence-electron chi connectivity index (χ1n) is 6.31.